The van der Waals surface area contributed by atoms with Crippen molar-refractivity contribution in [2.75, 3.05) is 12.3 Å². The molecule has 2 heterocycles. The highest BCUT2D eigenvalue weighted by atomic mass is 35.5. The lowest BCUT2D eigenvalue weighted by molar-refractivity contribution is 0.0474. The van der Waals surface area contributed by atoms with Gasteiger partial charge in [0.25, 0.3) is 5.56 Å². The summed E-state index contributed by atoms with van der Waals surface area (Å²) in [4.78, 5) is 53.5. The zero-order valence-electron chi connectivity index (χ0n) is 15.9. The van der Waals surface area contributed by atoms with Crippen molar-refractivity contribution in [3.63, 3.8) is 0 Å². The van der Waals surface area contributed by atoms with Gasteiger partial charge < -0.3 is 10.5 Å². The zero-order chi connectivity index (χ0) is 21.8. The van der Waals surface area contributed by atoms with E-state index in [0.717, 1.165) is 14.7 Å². The van der Waals surface area contributed by atoms with Gasteiger partial charge in [-0.2, -0.15) is 0 Å². The fourth-order valence-corrected chi connectivity index (χ4v) is 2.95. The largest absolute Gasteiger partial charge is 0.454 e. The number of nitrogens with zero attached hydrogens (tertiary/aromatic N) is 3. The van der Waals surface area contributed by atoms with Gasteiger partial charge >= 0.3 is 11.7 Å². The third-order valence-corrected chi connectivity index (χ3v) is 4.55. The van der Waals surface area contributed by atoms with Crippen LogP contribution in [0.5, 0.6) is 0 Å². The Hall–Kier alpha value is -3.72. The van der Waals surface area contributed by atoms with Gasteiger partial charge in [-0.05, 0) is 17.7 Å². The number of ether oxygens (including phenoxy) is 1. The minimum Gasteiger partial charge on any atom is -0.454 e. The number of aromatic nitrogens is 3. The van der Waals surface area contributed by atoms with Crippen LogP contribution in [0.2, 0.25) is 5.15 Å². The minimum atomic E-state index is -0.866. The number of carbonyl (C=O) groups excluding carboxylic acids is 2. The molecule has 0 aliphatic heterocycles. The number of rotatable bonds is 6. The van der Waals surface area contributed by atoms with Crippen molar-refractivity contribution >= 4 is 29.2 Å². The summed E-state index contributed by atoms with van der Waals surface area (Å²) >= 11 is 5.73. The van der Waals surface area contributed by atoms with Crippen molar-refractivity contribution in [3.05, 3.63) is 91.3 Å². The van der Waals surface area contributed by atoms with Gasteiger partial charge in [-0.3, -0.25) is 18.7 Å². The van der Waals surface area contributed by atoms with Gasteiger partial charge in [0.05, 0.1) is 12.1 Å². The van der Waals surface area contributed by atoms with E-state index in [0.29, 0.717) is 0 Å². The number of Topliss-reactive ketones (excluding diaryl/α,β-unsaturated/α-hetero) is 1. The molecule has 2 N–H and O–H groups in total. The third kappa shape index (κ3) is 4.31. The van der Waals surface area contributed by atoms with E-state index in [9.17, 15) is 19.2 Å². The molecular weight excluding hydrogens is 412 g/mol. The third-order valence-electron chi connectivity index (χ3n) is 4.34. The number of ketones is 1. The van der Waals surface area contributed by atoms with Crippen LogP contribution in [0.1, 0.15) is 26.3 Å². The summed E-state index contributed by atoms with van der Waals surface area (Å²) in [6, 6.07) is 11.6. The number of hydrogen-bond acceptors (Lipinski definition) is 7. The fraction of sp³-hybridized carbons (Fsp3) is 0.150. The first-order valence-electron chi connectivity index (χ1n) is 8.74. The van der Waals surface area contributed by atoms with Crippen molar-refractivity contribution in [1.29, 1.82) is 0 Å². The predicted molar refractivity (Wildman–Crippen MR) is 110 cm³/mol. The topological polar surface area (TPSA) is 126 Å². The first kappa shape index (κ1) is 21.0. The molecule has 3 aromatic rings. The number of nitrogen functional groups attached to an aromatic ring is 1. The lowest BCUT2D eigenvalue weighted by Gasteiger charge is -2.14. The van der Waals surface area contributed by atoms with Crippen LogP contribution in [0.25, 0.3) is 0 Å². The average Bonchev–Trinajstić information content (AvgIpc) is 2.74. The summed E-state index contributed by atoms with van der Waals surface area (Å²) in [5, 5.41) is 0.0851. The lowest BCUT2D eigenvalue weighted by atomic mass is 10.2. The molecule has 30 heavy (non-hydrogen) atoms. The Labute approximate surface area is 175 Å². The number of esters is 1. The Morgan fingerprint density at radius 1 is 1.17 bits per heavy atom. The summed E-state index contributed by atoms with van der Waals surface area (Å²) in [6.07, 6.45) is 1.31. The molecule has 0 bridgehead atoms. The van der Waals surface area contributed by atoms with Gasteiger partial charge in [0.15, 0.2) is 6.61 Å². The fourth-order valence-electron chi connectivity index (χ4n) is 2.78. The second kappa shape index (κ2) is 8.75. The summed E-state index contributed by atoms with van der Waals surface area (Å²) < 4.78 is 6.88. The van der Waals surface area contributed by atoms with Crippen LogP contribution in [0, 0.1) is 0 Å². The number of hydrogen-bond donors (Lipinski definition) is 1. The Balaban J connectivity index is 1.89. The number of halogens is 1. The predicted octanol–water partition coefficient (Wildman–Crippen LogP) is 1.27. The number of pyridine rings is 1. The molecule has 9 nitrogen and oxygen atoms in total. The maximum Gasteiger partial charge on any atom is 0.338 e. The Kier molecular flexibility index (Phi) is 6.12. The number of carbonyl (C=O) groups is 2. The first-order valence-corrected chi connectivity index (χ1v) is 9.12. The second-order valence-corrected chi connectivity index (χ2v) is 6.73. The Bertz CT molecular complexity index is 1230. The first-order chi connectivity index (χ1) is 14.3. The van der Waals surface area contributed by atoms with Gasteiger partial charge in [0.1, 0.15) is 16.5 Å². The molecule has 0 saturated heterocycles. The zero-order valence-corrected chi connectivity index (χ0v) is 16.6. The normalized spacial score (nSPS) is 10.6. The molecule has 0 atom stereocenters. The van der Waals surface area contributed by atoms with E-state index in [1.807, 2.05) is 6.07 Å². The standard InChI is InChI=1S/C20H17ClN4O5/c1-24-18(27)16(14(26)11-30-19(28)13-7-8-23-15(21)9-13)17(22)25(20(24)29)10-12-5-3-2-4-6-12/h2-9H,10-11,22H2,1H3. The van der Waals surface area contributed by atoms with Gasteiger partial charge in [-0.15, -0.1) is 0 Å². The maximum absolute atomic E-state index is 12.6. The highest BCUT2D eigenvalue weighted by Crippen LogP contribution is 2.11. The molecule has 154 valence electrons. The molecule has 0 fully saturated rings. The van der Waals surface area contributed by atoms with Crippen molar-refractivity contribution in [2.24, 2.45) is 7.05 Å². The highest BCUT2D eigenvalue weighted by molar-refractivity contribution is 6.29. The summed E-state index contributed by atoms with van der Waals surface area (Å²) in [6.45, 7) is -0.670. The average molecular weight is 429 g/mol. The molecule has 0 radical (unpaired) electrons. The lowest BCUT2D eigenvalue weighted by Crippen LogP contribution is -2.43. The minimum absolute atomic E-state index is 0.0647. The molecule has 0 aliphatic carbocycles. The Morgan fingerprint density at radius 2 is 1.87 bits per heavy atom. The van der Waals surface area contributed by atoms with Crippen LogP contribution in [0.15, 0.2) is 58.3 Å². The SMILES string of the molecule is Cn1c(=O)c(C(=O)COC(=O)c2ccnc(Cl)c2)c(N)n(Cc2ccccc2)c1=O. The highest BCUT2D eigenvalue weighted by Gasteiger charge is 2.23. The van der Waals surface area contributed by atoms with E-state index in [1.165, 1.54) is 25.4 Å². The van der Waals surface area contributed by atoms with Crippen LogP contribution in [0.4, 0.5) is 5.82 Å². The summed E-state index contributed by atoms with van der Waals surface area (Å²) in [5.41, 5.74) is 4.90. The van der Waals surface area contributed by atoms with Gasteiger partial charge in [-0.25, -0.2) is 14.6 Å². The van der Waals surface area contributed by atoms with E-state index < -0.39 is 35.2 Å². The summed E-state index contributed by atoms with van der Waals surface area (Å²) in [5.74, 6) is -1.94. The number of anilines is 1. The van der Waals surface area contributed by atoms with Crippen molar-refractivity contribution in [2.45, 2.75) is 6.54 Å². The monoisotopic (exact) mass is 428 g/mol. The molecule has 0 unspecified atom stereocenters. The molecule has 0 spiro atoms. The molecule has 0 aliphatic rings. The molecule has 1 aromatic carbocycles. The van der Waals surface area contributed by atoms with Crippen molar-refractivity contribution in [1.82, 2.24) is 14.1 Å². The van der Waals surface area contributed by atoms with E-state index in [4.69, 9.17) is 22.1 Å². The van der Waals surface area contributed by atoms with Crippen molar-refractivity contribution in [3.8, 4) is 0 Å². The van der Waals surface area contributed by atoms with Crippen LogP contribution < -0.4 is 17.0 Å². The smallest absolute Gasteiger partial charge is 0.338 e. The van der Waals surface area contributed by atoms with E-state index in [2.05, 4.69) is 4.98 Å². The van der Waals surface area contributed by atoms with Gasteiger partial charge in [-0.1, -0.05) is 41.9 Å². The molecule has 0 saturated carbocycles. The van der Waals surface area contributed by atoms with E-state index in [1.54, 1.807) is 24.3 Å². The molecule has 3 rings (SSSR count). The molecule has 0 amide bonds. The van der Waals surface area contributed by atoms with E-state index in [-0.39, 0.29) is 23.1 Å². The van der Waals surface area contributed by atoms with E-state index >= 15 is 0 Å². The second-order valence-electron chi connectivity index (χ2n) is 6.35. The van der Waals surface area contributed by atoms with Crippen LogP contribution in [-0.4, -0.2) is 32.5 Å². The quantitative estimate of drug-likeness (QED) is 0.356. The summed E-state index contributed by atoms with van der Waals surface area (Å²) in [7, 11) is 1.24. The van der Waals surface area contributed by atoms with Crippen molar-refractivity contribution < 1.29 is 14.3 Å². The number of nitrogens with two attached hydrogens (primary N) is 1. The maximum atomic E-state index is 12.6. The molecule has 10 heteroatoms. The molecule has 2 aromatic heterocycles. The van der Waals surface area contributed by atoms with Gasteiger partial charge in [0, 0.05) is 13.2 Å². The van der Waals surface area contributed by atoms with Crippen LogP contribution >= 0.6 is 11.6 Å². The number of benzene rings is 1. The van der Waals surface area contributed by atoms with Crippen LogP contribution in [0.3, 0.4) is 0 Å². The Morgan fingerprint density at radius 3 is 2.53 bits per heavy atom. The van der Waals surface area contributed by atoms with Gasteiger partial charge in [0.2, 0.25) is 5.78 Å². The molecular formula is C20H17ClN4O5. The van der Waals surface area contributed by atoms with Crippen LogP contribution in [-0.2, 0) is 18.3 Å².